The molecule has 116 valence electrons. The van der Waals surface area contributed by atoms with E-state index in [1.807, 2.05) is 20.8 Å². The predicted octanol–water partition coefficient (Wildman–Crippen LogP) is 2.12. The Labute approximate surface area is 124 Å². The van der Waals surface area contributed by atoms with Crippen LogP contribution in [-0.2, 0) is 22.7 Å². The summed E-state index contributed by atoms with van der Waals surface area (Å²) in [7, 11) is 0. The van der Waals surface area contributed by atoms with Gasteiger partial charge in [-0.15, -0.1) is 0 Å². The zero-order chi connectivity index (χ0) is 15.4. The Kier molecular flexibility index (Phi) is 5.12. The highest BCUT2D eigenvalue weighted by Gasteiger charge is 2.21. The molecule has 2 heterocycles. The number of rotatable bonds is 5. The van der Waals surface area contributed by atoms with Gasteiger partial charge in [-0.1, -0.05) is 0 Å². The highest BCUT2D eigenvalue weighted by Crippen LogP contribution is 2.17. The Hall–Kier alpha value is -1.69. The number of ether oxygens (including phenoxy) is 1. The number of carbonyl (C=O) groups excluding carboxylic acids is 1. The first-order valence-electron chi connectivity index (χ1n) is 7.25. The van der Waals surface area contributed by atoms with Gasteiger partial charge in [-0.2, -0.15) is 5.10 Å². The molecule has 0 fully saturated rings. The third-order valence-corrected chi connectivity index (χ3v) is 3.74. The predicted molar refractivity (Wildman–Crippen MR) is 77.4 cm³/mol. The summed E-state index contributed by atoms with van der Waals surface area (Å²) in [4.78, 5) is 13.9. The second-order valence-electron chi connectivity index (χ2n) is 5.20. The van der Waals surface area contributed by atoms with Crippen LogP contribution in [-0.4, -0.2) is 40.3 Å². The van der Waals surface area contributed by atoms with Crippen molar-refractivity contribution >= 4 is 5.91 Å². The van der Waals surface area contributed by atoms with Crippen LogP contribution in [0.4, 0.5) is 4.39 Å². The topological polar surface area (TPSA) is 47.4 Å². The van der Waals surface area contributed by atoms with Crippen molar-refractivity contribution in [3.8, 4) is 0 Å². The van der Waals surface area contributed by atoms with Gasteiger partial charge in [0.1, 0.15) is 12.6 Å². The number of hydrogen-bond acceptors (Lipinski definition) is 3. The Balaban J connectivity index is 2.07. The highest BCUT2D eigenvalue weighted by molar-refractivity contribution is 5.79. The van der Waals surface area contributed by atoms with Gasteiger partial charge in [0.25, 0.3) is 0 Å². The maximum absolute atomic E-state index is 13.3. The summed E-state index contributed by atoms with van der Waals surface area (Å²) in [6, 6.07) is 0. The maximum Gasteiger partial charge on any atom is 0.227 e. The molecule has 0 bridgehead atoms. The molecule has 0 aliphatic carbocycles. The number of carbonyl (C=O) groups is 1. The number of hydrogen-bond donors (Lipinski definition) is 0. The van der Waals surface area contributed by atoms with Gasteiger partial charge < -0.3 is 9.64 Å². The molecular weight excluding hydrogens is 273 g/mol. The Bertz CT molecular complexity index is 551. The zero-order valence-corrected chi connectivity index (χ0v) is 12.9. The fraction of sp³-hybridized carbons (Fsp3) is 0.600. The molecule has 0 saturated heterocycles. The lowest BCUT2D eigenvalue weighted by Crippen LogP contribution is -2.36. The number of aromatic nitrogens is 2. The normalized spacial score (nSPS) is 15.2. The van der Waals surface area contributed by atoms with Crippen molar-refractivity contribution in [2.24, 2.45) is 0 Å². The summed E-state index contributed by atoms with van der Waals surface area (Å²) in [5.41, 5.74) is 2.67. The van der Waals surface area contributed by atoms with E-state index in [9.17, 15) is 9.18 Å². The average Bonchev–Trinajstić information content (AvgIpc) is 2.72. The molecule has 1 aromatic heterocycles. The van der Waals surface area contributed by atoms with Crippen LogP contribution in [0.1, 0.15) is 30.3 Å². The minimum absolute atomic E-state index is 0.0552. The Morgan fingerprint density at radius 1 is 1.48 bits per heavy atom. The SMILES string of the molecule is CCOCn1nc(C)c(CC(=O)N2CCC=C(F)C2)c1C. The monoisotopic (exact) mass is 295 g/mol. The van der Waals surface area contributed by atoms with E-state index in [1.165, 1.54) is 0 Å². The lowest BCUT2D eigenvalue weighted by atomic mass is 10.1. The minimum Gasteiger partial charge on any atom is -0.360 e. The molecule has 0 unspecified atom stereocenters. The first-order chi connectivity index (χ1) is 10.0. The summed E-state index contributed by atoms with van der Waals surface area (Å²) in [5, 5.41) is 4.40. The van der Waals surface area contributed by atoms with E-state index < -0.39 is 0 Å². The number of nitrogens with zero attached hydrogens (tertiary/aromatic N) is 3. The van der Waals surface area contributed by atoms with E-state index in [2.05, 4.69) is 5.10 Å². The molecular formula is C15H22FN3O2. The van der Waals surface area contributed by atoms with Gasteiger partial charge in [-0.05, 0) is 33.3 Å². The van der Waals surface area contributed by atoms with Crippen molar-refractivity contribution < 1.29 is 13.9 Å². The summed E-state index contributed by atoms with van der Waals surface area (Å²) < 4.78 is 20.4. The van der Waals surface area contributed by atoms with E-state index in [0.29, 0.717) is 26.3 Å². The fourth-order valence-corrected chi connectivity index (χ4v) is 2.47. The summed E-state index contributed by atoms with van der Waals surface area (Å²) in [5.74, 6) is -0.282. The molecule has 0 saturated carbocycles. The van der Waals surface area contributed by atoms with Crippen molar-refractivity contribution in [1.82, 2.24) is 14.7 Å². The standard InChI is InChI=1S/C15H22FN3O2/c1-4-21-10-19-12(3)14(11(2)17-19)8-15(20)18-7-5-6-13(16)9-18/h6H,4-5,7-10H2,1-3H3. The van der Waals surface area contributed by atoms with Crippen LogP contribution < -0.4 is 0 Å². The van der Waals surface area contributed by atoms with Crippen molar-refractivity contribution in [1.29, 1.82) is 0 Å². The maximum atomic E-state index is 13.3. The average molecular weight is 295 g/mol. The molecule has 1 amide bonds. The third kappa shape index (κ3) is 3.69. The molecule has 5 nitrogen and oxygen atoms in total. The van der Waals surface area contributed by atoms with Gasteiger partial charge in [0.05, 0.1) is 18.7 Å². The van der Waals surface area contributed by atoms with Gasteiger partial charge in [0.2, 0.25) is 5.91 Å². The number of amides is 1. The van der Waals surface area contributed by atoms with Crippen LogP contribution in [0.2, 0.25) is 0 Å². The van der Waals surface area contributed by atoms with Crippen LogP contribution in [0.15, 0.2) is 11.9 Å². The third-order valence-electron chi connectivity index (χ3n) is 3.74. The van der Waals surface area contributed by atoms with E-state index in [-0.39, 0.29) is 24.7 Å². The molecule has 0 atom stereocenters. The molecule has 6 heteroatoms. The van der Waals surface area contributed by atoms with Gasteiger partial charge in [0, 0.05) is 24.4 Å². The molecule has 1 aliphatic rings. The smallest absolute Gasteiger partial charge is 0.227 e. The Morgan fingerprint density at radius 3 is 2.90 bits per heavy atom. The van der Waals surface area contributed by atoms with Crippen molar-refractivity contribution in [2.75, 3.05) is 19.7 Å². The molecule has 0 aromatic carbocycles. The molecule has 0 radical (unpaired) electrons. The lowest BCUT2D eigenvalue weighted by Gasteiger charge is -2.24. The van der Waals surface area contributed by atoms with Crippen LogP contribution in [0.5, 0.6) is 0 Å². The number of halogens is 1. The summed E-state index contributed by atoms with van der Waals surface area (Å²) in [6.45, 7) is 7.41. The van der Waals surface area contributed by atoms with Gasteiger partial charge in [-0.3, -0.25) is 4.79 Å². The van der Waals surface area contributed by atoms with Gasteiger partial charge in [-0.25, -0.2) is 9.07 Å². The quantitative estimate of drug-likeness (QED) is 0.836. The van der Waals surface area contributed by atoms with Gasteiger partial charge >= 0.3 is 0 Å². The zero-order valence-electron chi connectivity index (χ0n) is 12.9. The van der Waals surface area contributed by atoms with Crippen LogP contribution in [0.25, 0.3) is 0 Å². The fourth-order valence-electron chi connectivity index (χ4n) is 2.47. The first kappa shape index (κ1) is 15.7. The molecule has 1 aromatic rings. The van der Waals surface area contributed by atoms with Crippen molar-refractivity contribution in [3.05, 3.63) is 28.9 Å². The van der Waals surface area contributed by atoms with Crippen molar-refractivity contribution in [3.63, 3.8) is 0 Å². The van der Waals surface area contributed by atoms with Gasteiger partial charge in [0.15, 0.2) is 0 Å². The Morgan fingerprint density at radius 2 is 2.24 bits per heavy atom. The lowest BCUT2D eigenvalue weighted by molar-refractivity contribution is -0.130. The molecule has 1 aliphatic heterocycles. The van der Waals surface area contributed by atoms with E-state index in [0.717, 1.165) is 17.0 Å². The van der Waals surface area contributed by atoms with E-state index in [1.54, 1.807) is 15.7 Å². The minimum atomic E-state index is -0.227. The van der Waals surface area contributed by atoms with E-state index >= 15 is 0 Å². The molecule has 0 N–H and O–H groups in total. The molecule has 0 spiro atoms. The van der Waals surface area contributed by atoms with Crippen LogP contribution in [0.3, 0.4) is 0 Å². The van der Waals surface area contributed by atoms with Crippen LogP contribution in [0, 0.1) is 13.8 Å². The summed E-state index contributed by atoms with van der Waals surface area (Å²) in [6.07, 6.45) is 2.39. The molecule has 2 rings (SSSR count). The van der Waals surface area contributed by atoms with Crippen molar-refractivity contribution in [2.45, 2.75) is 40.3 Å². The second kappa shape index (κ2) is 6.85. The molecule has 21 heavy (non-hydrogen) atoms. The summed E-state index contributed by atoms with van der Waals surface area (Å²) >= 11 is 0. The first-order valence-corrected chi connectivity index (χ1v) is 7.25. The second-order valence-corrected chi connectivity index (χ2v) is 5.20. The number of aryl methyl sites for hydroxylation is 1. The largest absolute Gasteiger partial charge is 0.360 e. The van der Waals surface area contributed by atoms with Crippen LogP contribution >= 0.6 is 0 Å². The highest BCUT2D eigenvalue weighted by atomic mass is 19.1. The van der Waals surface area contributed by atoms with E-state index in [4.69, 9.17) is 4.74 Å².